The molecule has 0 atom stereocenters. The average molecular weight is 306 g/mol. The molecule has 0 saturated carbocycles. The predicted octanol–water partition coefficient (Wildman–Crippen LogP) is 0.596. The summed E-state index contributed by atoms with van der Waals surface area (Å²) in [5.74, 6) is -1.89. The Balaban J connectivity index is 2.19. The molecule has 0 fully saturated rings. The molecule has 2 aromatic rings. The molecule has 1 amide bonds. The first-order chi connectivity index (χ1) is 9.97. The lowest BCUT2D eigenvalue weighted by Crippen LogP contribution is -2.26. The van der Waals surface area contributed by atoms with Crippen LogP contribution in [0.15, 0.2) is 30.5 Å². The maximum absolute atomic E-state index is 12.1. The van der Waals surface area contributed by atoms with Gasteiger partial charge < -0.3 is 9.90 Å². The van der Waals surface area contributed by atoms with E-state index in [2.05, 4.69) is 10.3 Å². The standard InChI is InChI=1S/C12H9N3O5S/c16-10(17)5-7-3-1-2-4-8(7)11(18)14-12-13-6-9(21-12)15(19)20/h1-4,6H,5H2,(H,16,17)(H,13,14,18)/p-1. The van der Waals surface area contributed by atoms with Crippen molar-refractivity contribution < 1.29 is 19.6 Å². The quantitative estimate of drug-likeness (QED) is 0.636. The largest absolute Gasteiger partial charge is 0.550 e. The minimum Gasteiger partial charge on any atom is -0.550 e. The fourth-order valence-corrected chi connectivity index (χ4v) is 2.25. The molecule has 0 bridgehead atoms. The van der Waals surface area contributed by atoms with E-state index in [4.69, 9.17) is 0 Å². The molecule has 0 aliphatic rings. The van der Waals surface area contributed by atoms with Crippen molar-refractivity contribution in [2.75, 3.05) is 5.32 Å². The van der Waals surface area contributed by atoms with Gasteiger partial charge in [-0.05, 0) is 23.0 Å². The van der Waals surface area contributed by atoms with Crippen LogP contribution in [0.2, 0.25) is 0 Å². The van der Waals surface area contributed by atoms with Crippen molar-refractivity contribution in [1.82, 2.24) is 4.98 Å². The Hall–Kier alpha value is -2.81. The summed E-state index contributed by atoms with van der Waals surface area (Å²) in [6.07, 6.45) is 0.634. The number of nitrogens with zero attached hydrogens (tertiary/aromatic N) is 2. The Morgan fingerprint density at radius 3 is 2.67 bits per heavy atom. The molecule has 1 heterocycles. The van der Waals surface area contributed by atoms with E-state index in [-0.39, 0.29) is 15.7 Å². The fraction of sp³-hybridized carbons (Fsp3) is 0.0833. The Kier molecular flexibility index (Phi) is 4.24. The zero-order chi connectivity index (χ0) is 15.4. The maximum Gasteiger partial charge on any atom is 0.345 e. The Morgan fingerprint density at radius 1 is 1.33 bits per heavy atom. The summed E-state index contributed by atoms with van der Waals surface area (Å²) < 4.78 is 0. The normalized spacial score (nSPS) is 10.1. The van der Waals surface area contributed by atoms with Gasteiger partial charge in [0.25, 0.3) is 5.91 Å². The molecule has 108 valence electrons. The highest BCUT2D eigenvalue weighted by Gasteiger charge is 2.16. The van der Waals surface area contributed by atoms with Crippen molar-refractivity contribution in [3.05, 3.63) is 51.7 Å². The molecule has 9 heteroatoms. The molecule has 0 unspecified atom stereocenters. The number of nitro groups is 1. The van der Waals surface area contributed by atoms with Crippen LogP contribution in [0.1, 0.15) is 15.9 Å². The molecule has 0 aliphatic carbocycles. The summed E-state index contributed by atoms with van der Waals surface area (Å²) in [7, 11) is 0. The van der Waals surface area contributed by atoms with Crippen LogP contribution in [0.25, 0.3) is 0 Å². The van der Waals surface area contributed by atoms with Gasteiger partial charge >= 0.3 is 5.00 Å². The number of benzene rings is 1. The SMILES string of the molecule is O=C([O-])Cc1ccccc1C(=O)Nc1ncc([N+](=O)[O-])s1. The number of thiazole rings is 1. The number of amides is 1. The molecule has 21 heavy (non-hydrogen) atoms. The van der Waals surface area contributed by atoms with Crippen LogP contribution in [0, 0.1) is 10.1 Å². The van der Waals surface area contributed by atoms with Gasteiger partial charge in [0.05, 0.1) is 4.92 Å². The van der Waals surface area contributed by atoms with Crippen molar-refractivity contribution in [2.45, 2.75) is 6.42 Å². The molecule has 0 saturated heterocycles. The molecule has 1 N–H and O–H groups in total. The summed E-state index contributed by atoms with van der Waals surface area (Å²) in [5, 5.41) is 23.5. The number of carboxylic acids is 1. The number of carbonyl (C=O) groups excluding carboxylic acids is 2. The third-order valence-corrected chi connectivity index (χ3v) is 3.36. The predicted molar refractivity (Wildman–Crippen MR) is 71.9 cm³/mol. The highest BCUT2D eigenvalue weighted by atomic mass is 32.1. The van der Waals surface area contributed by atoms with Gasteiger partial charge in [-0.1, -0.05) is 18.2 Å². The van der Waals surface area contributed by atoms with E-state index in [9.17, 15) is 24.8 Å². The summed E-state index contributed by atoms with van der Waals surface area (Å²) >= 11 is 0.713. The van der Waals surface area contributed by atoms with Gasteiger partial charge in [-0.15, -0.1) is 0 Å². The van der Waals surface area contributed by atoms with Crippen molar-refractivity contribution in [2.24, 2.45) is 0 Å². The van der Waals surface area contributed by atoms with Crippen LogP contribution in [-0.4, -0.2) is 21.8 Å². The van der Waals surface area contributed by atoms with E-state index in [1.807, 2.05) is 0 Å². The topological polar surface area (TPSA) is 125 Å². The van der Waals surface area contributed by atoms with Crippen molar-refractivity contribution >= 4 is 33.3 Å². The average Bonchev–Trinajstić information content (AvgIpc) is 2.87. The smallest absolute Gasteiger partial charge is 0.345 e. The van der Waals surface area contributed by atoms with E-state index in [1.54, 1.807) is 12.1 Å². The number of carboxylic acid groups (broad SMARTS) is 1. The van der Waals surface area contributed by atoms with Gasteiger partial charge in [0, 0.05) is 18.0 Å². The summed E-state index contributed by atoms with van der Waals surface area (Å²) in [6, 6.07) is 6.13. The Labute approximate surface area is 122 Å². The lowest BCUT2D eigenvalue weighted by Gasteiger charge is -2.09. The highest BCUT2D eigenvalue weighted by Crippen LogP contribution is 2.25. The fourth-order valence-electron chi connectivity index (χ4n) is 1.62. The zero-order valence-electron chi connectivity index (χ0n) is 10.4. The molecule has 1 aromatic carbocycles. The summed E-state index contributed by atoms with van der Waals surface area (Å²) in [6.45, 7) is 0. The third kappa shape index (κ3) is 3.60. The number of anilines is 1. The molecule has 1 aromatic heterocycles. The number of nitrogens with one attached hydrogen (secondary N) is 1. The first-order valence-corrected chi connectivity index (χ1v) is 6.48. The van der Waals surface area contributed by atoms with Gasteiger partial charge in [-0.3, -0.25) is 20.2 Å². The van der Waals surface area contributed by atoms with Crippen LogP contribution in [0.4, 0.5) is 10.1 Å². The summed E-state index contributed by atoms with van der Waals surface area (Å²) in [5.41, 5.74) is 0.445. The van der Waals surface area contributed by atoms with Crippen LogP contribution in [0.5, 0.6) is 0 Å². The van der Waals surface area contributed by atoms with Gasteiger partial charge in [-0.25, -0.2) is 4.98 Å². The van der Waals surface area contributed by atoms with Gasteiger partial charge in [0.1, 0.15) is 6.20 Å². The van der Waals surface area contributed by atoms with E-state index >= 15 is 0 Å². The van der Waals surface area contributed by atoms with Crippen LogP contribution in [0.3, 0.4) is 0 Å². The number of aromatic nitrogens is 1. The molecule has 8 nitrogen and oxygen atoms in total. The second-order valence-corrected chi connectivity index (χ2v) is 4.93. The Morgan fingerprint density at radius 2 is 2.05 bits per heavy atom. The second kappa shape index (κ2) is 6.09. The molecule has 0 spiro atoms. The molecule has 0 aliphatic heterocycles. The van der Waals surface area contributed by atoms with E-state index in [0.29, 0.717) is 16.9 Å². The minimum absolute atomic E-state index is 0.0648. The Bertz CT molecular complexity index is 712. The van der Waals surface area contributed by atoms with Gasteiger partial charge in [0.2, 0.25) is 0 Å². The minimum atomic E-state index is -1.31. The van der Waals surface area contributed by atoms with Gasteiger partial charge in [0.15, 0.2) is 5.13 Å². The van der Waals surface area contributed by atoms with Crippen molar-refractivity contribution in [1.29, 1.82) is 0 Å². The lowest BCUT2D eigenvalue weighted by molar-refractivity contribution is -0.380. The van der Waals surface area contributed by atoms with Crippen LogP contribution in [-0.2, 0) is 11.2 Å². The maximum atomic E-state index is 12.1. The molecular weight excluding hydrogens is 298 g/mol. The van der Waals surface area contributed by atoms with Crippen molar-refractivity contribution in [3.63, 3.8) is 0 Å². The number of rotatable bonds is 5. The third-order valence-electron chi connectivity index (χ3n) is 2.49. The molecule has 0 radical (unpaired) electrons. The first kappa shape index (κ1) is 14.6. The summed E-state index contributed by atoms with van der Waals surface area (Å²) in [4.78, 5) is 36.4. The monoisotopic (exact) mass is 306 g/mol. The zero-order valence-corrected chi connectivity index (χ0v) is 11.3. The number of carbonyl (C=O) groups is 2. The number of hydrogen-bond donors (Lipinski definition) is 1. The molecule has 2 rings (SSSR count). The number of aliphatic carboxylic acids is 1. The second-order valence-electron chi connectivity index (χ2n) is 3.92. The van der Waals surface area contributed by atoms with Crippen molar-refractivity contribution in [3.8, 4) is 0 Å². The molecular formula is C12H8N3O5S-. The van der Waals surface area contributed by atoms with Gasteiger partial charge in [-0.2, -0.15) is 0 Å². The van der Waals surface area contributed by atoms with Crippen LogP contribution >= 0.6 is 11.3 Å². The van der Waals surface area contributed by atoms with E-state index < -0.39 is 23.2 Å². The van der Waals surface area contributed by atoms with E-state index in [1.165, 1.54) is 12.1 Å². The van der Waals surface area contributed by atoms with Crippen LogP contribution < -0.4 is 10.4 Å². The first-order valence-electron chi connectivity index (χ1n) is 5.66. The number of hydrogen-bond acceptors (Lipinski definition) is 7. The van der Waals surface area contributed by atoms with E-state index in [0.717, 1.165) is 6.20 Å². The highest BCUT2D eigenvalue weighted by molar-refractivity contribution is 7.18. The lowest BCUT2D eigenvalue weighted by atomic mass is 10.0.